The Morgan fingerprint density at radius 3 is 2.75 bits per heavy atom. The number of hydrogen-bond donors (Lipinski definition) is 2. The monoisotopic (exact) mass is 615 g/mol. The Balaban J connectivity index is 1.36. The number of likely N-dealkylation sites (tertiary alicyclic amines) is 1. The second-order valence-electron chi connectivity index (χ2n) is 13.3. The van der Waals surface area contributed by atoms with Crippen LogP contribution in [0.1, 0.15) is 91.8 Å². The van der Waals surface area contributed by atoms with E-state index in [0.717, 1.165) is 102 Å². The molecular formula is C32H41N9O2S. The molecule has 4 aromatic heterocycles. The smallest absolute Gasteiger partial charge is 0.186 e. The van der Waals surface area contributed by atoms with E-state index in [1.54, 1.807) is 13.8 Å². The molecule has 44 heavy (non-hydrogen) atoms. The maximum atomic E-state index is 10.7. The lowest BCUT2D eigenvalue weighted by atomic mass is 9.81. The van der Waals surface area contributed by atoms with Crippen LogP contribution in [-0.2, 0) is 25.8 Å². The number of hydrogen-bond acceptors (Lipinski definition) is 11. The summed E-state index contributed by atoms with van der Waals surface area (Å²) >= 11 is 1.53. The zero-order chi connectivity index (χ0) is 30.7. The van der Waals surface area contributed by atoms with E-state index in [-0.39, 0.29) is 5.92 Å². The highest BCUT2D eigenvalue weighted by Gasteiger charge is 2.37. The second-order valence-corrected chi connectivity index (χ2v) is 14.5. The molecule has 3 aliphatic rings. The molecule has 1 saturated heterocycles. The average Bonchev–Trinajstić information content (AvgIpc) is 3.75. The maximum absolute atomic E-state index is 10.7. The number of nitrogens with two attached hydrogens (primary N) is 1. The summed E-state index contributed by atoms with van der Waals surface area (Å²) < 4.78 is 7.99. The molecule has 7 rings (SSSR count). The summed E-state index contributed by atoms with van der Waals surface area (Å²) in [5.74, 6) is 2.13. The zero-order valence-electron chi connectivity index (χ0n) is 26.1. The van der Waals surface area contributed by atoms with Gasteiger partial charge in [0, 0.05) is 41.9 Å². The molecule has 0 radical (unpaired) electrons. The predicted molar refractivity (Wildman–Crippen MR) is 171 cm³/mol. The van der Waals surface area contributed by atoms with Crippen LogP contribution < -0.4 is 10.6 Å². The van der Waals surface area contributed by atoms with Crippen LogP contribution in [-0.4, -0.2) is 73.2 Å². The van der Waals surface area contributed by atoms with E-state index < -0.39 is 5.60 Å². The van der Waals surface area contributed by atoms with Gasteiger partial charge in [-0.2, -0.15) is 10.4 Å². The Morgan fingerprint density at radius 1 is 1.18 bits per heavy atom. The molecule has 4 aromatic rings. The van der Waals surface area contributed by atoms with Crippen LogP contribution in [0.15, 0.2) is 4.52 Å². The van der Waals surface area contributed by atoms with E-state index in [4.69, 9.17) is 25.3 Å². The van der Waals surface area contributed by atoms with Crippen molar-refractivity contribution in [2.45, 2.75) is 96.2 Å². The lowest BCUT2D eigenvalue weighted by molar-refractivity contribution is 0.0588. The minimum absolute atomic E-state index is 0.0754. The summed E-state index contributed by atoms with van der Waals surface area (Å²) in [7, 11) is 2.21. The van der Waals surface area contributed by atoms with Crippen LogP contribution >= 0.6 is 11.3 Å². The fourth-order valence-electron chi connectivity index (χ4n) is 7.41. The molecule has 0 bridgehead atoms. The molecule has 1 fully saturated rings. The van der Waals surface area contributed by atoms with Gasteiger partial charge < -0.3 is 25.2 Å². The van der Waals surface area contributed by atoms with Gasteiger partial charge in [0.2, 0.25) is 0 Å². The highest BCUT2D eigenvalue weighted by Crippen LogP contribution is 2.47. The normalized spacial score (nSPS) is 20.4. The molecule has 2 unspecified atom stereocenters. The van der Waals surface area contributed by atoms with Crippen molar-refractivity contribution >= 4 is 33.2 Å². The molecule has 11 nitrogen and oxygen atoms in total. The first-order valence-corrected chi connectivity index (χ1v) is 16.7. The quantitative estimate of drug-likeness (QED) is 0.287. The molecule has 3 N–H and O–H groups in total. The maximum Gasteiger partial charge on any atom is 0.186 e. The van der Waals surface area contributed by atoms with Gasteiger partial charge in [-0.3, -0.25) is 0 Å². The summed E-state index contributed by atoms with van der Waals surface area (Å²) in [5.41, 5.74) is 10.3. The number of aromatic nitrogens is 5. The first kappa shape index (κ1) is 29.2. The van der Waals surface area contributed by atoms with Gasteiger partial charge in [-0.15, -0.1) is 11.3 Å². The number of anilines is 2. The third kappa shape index (κ3) is 4.95. The summed E-state index contributed by atoms with van der Waals surface area (Å²) in [4.78, 5) is 16.3. The molecule has 6 heterocycles. The van der Waals surface area contributed by atoms with Crippen LogP contribution in [0.25, 0.3) is 22.6 Å². The average molecular weight is 616 g/mol. The van der Waals surface area contributed by atoms with E-state index in [1.165, 1.54) is 24.2 Å². The number of rotatable bonds is 8. The van der Waals surface area contributed by atoms with Crippen LogP contribution in [0, 0.1) is 11.3 Å². The van der Waals surface area contributed by atoms with Crippen molar-refractivity contribution in [3.63, 3.8) is 0 Å². The molecule has 0 aromatic carbocycles. The largest absolute Gasteiger partial charge is 0.389 e. The molecular weight excluding hydrogens is 574 g/mol. The minimum atomic E-state index is -0.959. The van der Waals surface area contributed by atoms with Gasteiger partial charge in [-0.25, -0.2) is 14.6 Å². The van der Waals surface area contributed by atoms with Crippen molar-refractivity contribution < 1.29 is 9.63 Å². The standard InChI is InChI=1S/C32H41N9O2S/c1-5-8-23-24(21(15-33)28(34)44-23)19-10-6-11-20-26(38-43-27(19)20)29-35-30-25-22(37-41(31(25)36-29)17-32(2,3)42)12-14-40(30)16-18-9-7-13-39(18)4/h18-19,42H,5-14,16-17,34H2,1-4H3. The SMILES string of the molecule is CCCc1sc(N)c(C#N)c1C1CCCc2c(-c3nc4c5c(nn(CC(C)(C)O)c5n3)CCN4CC3CCCN3C)noc21. The first-order valence-electron chi connectivity index (χ1n) is 15.9. The third-order valence-corrected chi connectivity index (χ3v) is 10.6. The number of thiophene rings is 1. The number of likely N-dealkylation sites (N-methyl/N-ethyl adjacent to an activating group) is 1. The van der Waals surface area contributed by atoms with Gasteiger partial charge in [0.25, 0.3) is 0 Å². The van der Waals surface area contributed by atoms with Crippen LogP contribution in [0.3, 0.4) is 0 Å². The Labute approximate surface area is 261 Å². The van der Waals surface area contributed by atoms with E-state index in [1.807, 2.05) is 4.68 Å². The van der Waals surface area contributed by atoms with Crippen molar-refractivity contribution in [1.82, 2.24) is 29.8 Å². The Hall–Kier alpha value is -3.53. The van der Waals surface area contributed by atoms with Crippen molar-refractivity contribution in [3.05, 3.63) is 33.0 Å². The summed E-state index contributed by atoms with van der Waals surface area (Å²) in [6, 6.07) is 2.85. The zero-order valence-corrected chi connectivity index (χ0v) is 26.9. The lowest BCUT2D eigenvalue weighted by Gasteiger charge is -2.32. The van der Waals surface area contributed by atoms with Gasteiger partial charge in [0.15, 0.2) is 17.2 Å². The van der Waals surface area contributed by atoms with Gasteiger partial charge in [-0.05, 0) is 71.5 Å². The number of nitrogens with zero attached hydrogens (tertiary/aromatic N) is 8. The lowest BCUT2D eigenvalue weighted by Crippen LogP contribution is -2.41. The number of nitriles is 1. The summed E-state index contributed by atoms with van der Waals surface area (Å²) in [6.45, 7) is 8.89. The van der Waals surface area contributed by atoms with E-state index in [9.17, 15) is 10.4 Å². The molecule has 2 atom stereocenters. The number of aryl methyl sites for hydroxylation is 1. The molecule has 0 amide bonds. The van der Waals surface area contributed by atoms with E-state index in [2.05, 4.69) is 35.0 Å². The first-order chi connectivity index (χ1) is 21.2. The van der Waals surface area contributed by atoms with Crippen LogP contribution in [0.5, 0.6) is 0 Å². The van der Waals surface area contributed by atoms with Gasteiger partial charge >= 0.3 is 0 Å². The molecule has 0 spiro atoms. The van der Waals surface area contributed by atoms with Gasteiger partial charge in [-0.1, -0.05) is 18.5 Å². The Bertz CT molecular complexity index is 1760. The third-order valence-electron chi connectivity index (χ3n) is 9.46. The molecule has 2 aliphatic heterocycles. The Morgan fingerprint density at radius 2 is 2.02 bits per heavy atom. The predicted octanol–water partition coefficient (Wildman–Crippen LogP) is 4.64. The highest BCUT2D eigenvalue weighted by atomic mass is 32.1. The van der Waals surface area contributed by atoms with E-state index >= 15 is 0 Å². The number of fused-ring (bicyclic) bond motifs is 1. The van der Waals surface area contributed by atoms with Gasteiger partial charge in [0.05, 0.1) is 28.8 Å². The molecule has 12 heteroatoms. The molecule has 232 valence electrons. The van der Waals surface area contributed by atoms with Crippen molar-refractivity contribution in [3.8, 4) is 17.6 Å². The summed E-state index contributed by atoms with van der Waals surface area (Å²) in [5, 5.41) is 31.9. The Kier molecular flexibility index (Phi) is 7.38. The van der Waals surface area contributed by atoms with Crippen molar-refractivity contribution in [2.75, 3.05) is 37.3 Å². The van der Waals surface area contributed by atoms with Crippen molar-refractivity contribution in [2.24, 2.45) is 0 Å². The molecule has 1 aliphatic carbocycles. The van der Waals surface area contributed by atoms with Crippen LogP contribution in [0.4, 0.5) is 10.8 Å². The highest BCUT2D eigenvalue weighted by molar-refractivity contribution is 7.16. The van der Waals surface area contributed by atoms with E-state index in [0.29, 0.717) is 34.7 Å². The fraction of sp³-hybridized carbons (Fsp3) is 0.594. The van der Waals surface area contributed by atoms with Gasteiger partial charge in [0.1, 0.15) is 22.6 Å². The minimum Gasteiger partial charge on any atom is -0.389 e. The number of aliphatic hydroxyl groups is 1. The topological polar surface area (TPSA) is 146 Å². The fourth-order valence-corrected chi connectivity index (χ4v) is 8.59. The molecule has 0 saturated carbocycles. The summed E-state index contributed by atoms with van der Waals surface area (Å²) in [6.07, 6.45) is 7.67. The second kappa shape index (κ2) is 11.1. The number of nitrogen functional groups attached to an aromatic ring is 1. The van der Waals surface area contributed by atoms with Crippen LogP contribution in [0.2, 0.25) is 0 Å². The van der Waals surface area contributed by atoms with Crippen molar-refractivity contribution in [1.29, 1.82) is 5.26 Å².